The van der Waals surface area contributed by atoms with E-state index in [2.05, 4.69) is 29.3 Å². The van der Waals surface area contributed by atoms with Gasteiger partial charge in [0.05, 0.1) is 17.3 Å². The van der Waals surface area contributed by atoms with Crippen LogP contribution in [0.4, 0.5) is 11.4 Å². The van der Waals surface area contributed by atoms with Crippen LogP contribution in [0.3, 0.4) is 0 Å². The first-order chi connectivity index (χ1) is 9.20. The van der Waals surface area contributed by atoms with E-state index in [0.29, 0.717) is 17.3 Å². The van der Waals surface area contributed by atoms with Crippen molar-refractivity contribution in [1.29, 1.82) is 5.26 Å². The minimum atomic E-state index is 0.363. The van der Waals surface area contributed by atoms with E-state index in [1.807, 2.05) is 23.5 Å². The van der Waals surface area contributed by atoms with Gasteiger partial charge in [-0.2, -0.15) is 5.26 Å². The normalized spacial score (nSPS) is 17.9. The van der Waals surface area contributed by atoms with E-state index in [4.69, 9.17) is 11.0 Å². The zero-order chi connectivity index (χ0) is 13.4. The summed E-state index contributed by atoms with van der Waals surface area (Å²) in [6.07, 6.45) is 1.08. The molecule has 1 aliphatic rings. The van der Waals surface area contributed by atoms with Gasteiger partial charge in [0.25, 0.3) is 0 Å². The fourth-order valence-electron chi connectivity index (χ4n) is 2.69. The SMILES string of the molecule is CC1c2ccsc2CCN1c1ccc(C#N)c(N)c1. The number of nitrogen functional groups attached to an aromatic ring is 1. The molecule has 0 amide bonds. The second kappa shape index (κ2) is 4.60. The van der Waals surface area contributed by atoms with Gasteiger partial charge in [-0.3, -0.25) is 0 Å². The second-order valence-corrected chi connectivity index (χ2v) is 5.80. The summed E-state index contributed by atoms with van der Waals surface area (Å²) in [5.74, 6) is 0. The summed E-state index contributed by atoms with van der Waals surface area (Å²) in [6, 6.07) is 10.4. The van der Waals surface area contributed by atoms with Crippen LogP contribution in [0.1, 0.15) is 29.0 Å². The number of nitriles is 1. The molecule has 2 N–H and O–H groups in total. The van der Waals surface area contributed by atoms with Crippen molar-refractivity contribution in [1.82, 2.24) is 0 Å². The standard InChI is InChI=1S/C15H15N3S/c1-10-13-5-7-19-15(13)4-6-18(10)12-3-2-11(9-16)14(17)8-12/h2-3,5,7-8,10H,4,6,17H2,1H3. The molecule has 1 atom stereocenters. The van der Waals surface area contributed by atoms with Gasteiger partial charge in [-0.1, -0.05) is 0 Å². The van der Waals surface area contributed by atoms with Gasteiger partial charge >= 0.3 is 0 Å². The maximum atomic E-state index is 8.93. The quantitative estimate of drug-likeness (QED) is 0.808. The fraction of sp³-hybridized carbons (Fsp3) is 0.267. The monoisotopic (exact) mass is 269 g/mol. The van der Waals surface area contributed by atoms with Crippen molar-refractivity contribution in [3.63, 3.8) is 0 Å². The van der Waals surface area contributed by atoms with Crippen LogP contribution in [0.2, 0.25) is 0 Å². The average Bonchev–Trinajstić information content (AvgIpc) is 2.88. The number of thiophene rings is 1. The predicted octanol–water partition coefficient (Wildman–Crippen LogP) is 3.33. The van der Waals surface area contributed by atoms with Crippen LogP contribution in [-0.4, -0.2) is 6.54 Å². The van der Waals surface area contributed by atoms with Crippen LogP contribution in [0.15, 0.2) is 29.6 Å². The highest BCUT2D eigenvalue weighted by molar-refractivity contribution is 7.10. The van der Waals surface area contributed by atoms with Crippen LogP contribution in [0.5, 0.6) is 0 Å². The number of hydrogen-bond acceptors (Lipinski definition) is 4. The van der Waals surface area contributed by atoms with Crippen LogP contribution in [-0.2, 0) is 6.42 Å². The Hall–Kier alpha value is -1.99. The first kappa shape index (κ1) is 12.1. The summed E-state index contributed by atoms with van der Waals surface area (Å²) in [5.41, 5.74) is 9.53. The molecule has 1 aromatic carbocycles. The maximum absolute atomic E-state index is 8.93. The van der Waals surface area contributed by atoms with Crippen LogP contribution in [0, 0.1) is 11.3 Å². The van der Waals surface area contributed by atoms with Crippen molar-refractivity contribution in [2.24, 2.45) is 0 Å². The summed E-state index contributed by atoms with van der Waals surface area (Å²) < 4.78 is 0. The number of nitrogens with zero attached hydrogens (tertiary/aromatic N) is 2. The highest BCUT2D eigenvalue weighted by Gasteiger charge is 2.25. The Labute approximate surface area is 116 Å². The highest BCUT2D eigenvalue weighted by Crippen LogP contribution is 2.36. The van der Waals surface area contributed by atoms with Crippen molar-refractivity contribution >= 4 is 22.7 Å². The summed E-state index contributed by atoms with van der Waals surface area (Å²) in [7, 11) is 0. The van der Waals surface area contributed by atoms with Crippen LogP contribution in [0.25, 0.3) is 0 Å². The third-order valence-corrected chi connectivity index (χ3v) is 4.76. The Morgan fingerprint density at radius 2 is 2.26 bits per heavy atom. The lowest BCUT2D eigenvalue weighted by Gasteiger charge is -2.35. The van der Waals surface area contributed by atoms with E-state index in [9.17, 15) is 0 Å². The van der Waals surface area contributed by atoms with E-state index < -0.39 is 0 Å². The molecule has 1 aliphatic heterocycles. The van der Waals surface area contributed by atoms with E-state index in [1.54, 1.807) is 6.07 Å². The van der Waals surface area contributed by atoms with Gasteiger partial charge in [0.15, 0.2) is 0 Å². The number of nitrogens with two attached hydrogens (primary N) is 1. The molecule has 3 nitrogen and oxygen atoms in total. The lowest BCUT2D eigenvalue weighted by molar-refractivity contribution is 0.633. The number of hydrogen-bond donors (Lipinski definition) is 1. The van der Waals surface area contributed by atoms with E-state index >= 15 is 0 Å². The Balaban J connectivity index is 1.96. The second-order valence-electron chi connectivity index (χ2n) is 4.80. The molecule has 96 valence electrons. The van der Waals surface area contributed by atoms with Gasteiger partial charge in [-0.25, -0.2) is 0 Å². The van der Waals surface area contributed by atoms with E-state index in [1.165, 1.54) is 10.4 Å². The summed E-state index contributed by atoms with van der Waals surface area (Å²) in [6.45, 7) is 3.22. The number of anilines is 2. The summed E-state index contributed by atoms with van der Waals surface area (Å²) in [4.78, 5) is 3.84. The van der Waals surface area contributed by atoms with Crippen molar-refractivity contribution in [2.75, 3.05) is 17.2 Å². The molecule has 0 bridgehead atoms. The fourth-order valence-corrected chi connectivity index (χ4v) is 3.66. The molecule has 0 aliphatic carbocycles. The van der Waals surface area contributed by atoms with Crippen molar-refractivity contribution in [3.8, 4) is 6.07 Å². The first-order valence-electron chi connectivity index (χ1n) is 6.33. The Morgan fingerprint density at radius 1 is 1.42 bits per heavy atom. The molecule has 0 spiro atoms. The lowest BCUT2D eigenvalue weighted by Crippen LogP contribution is -2.33. The molecule has 1 unspecified atom stereocenters. The van der Waals surface area contributed by atoms with Crippen molar-refractivity contribution < 1.29 is 0 Å². The van der Waals surface area contributed by atoms with E-state index in [0.717, 1.165) is 18.7 Å². The lowest BCUT2D eigenvalue weighted by atomic mass is 10.0. The number of benzene rings is 1. The largest absolute Gasteiger partial charge is 0.398 e. The Kier molecular flexibility index (Phi) is 2.92. The van der Waals surface area contributed by atoms with Gasteiger partial charge in [-0.05, 0) is 48.6 Å². The molecule has 0 radical (unpaired) electrons. The minimum Gasteiger partial charge on any atom is -0.398 e. The van der Waals surface area contributed by atoms with Crippen LogP contribution >= 0.6 is 11.3 Å². The molecule has 4 heteroatoms. The van der Waals surface area contributed by atoms with Crippen molar-refractivity contribution in [3.05, 3.63) is 45.6 Å². The van der Waals surface area contributed by atoms with E-state index in [-0.39, 0.29) is 0 Å². The third kappa shape index (κ3) is 1.96. The summed E-state index contributed by atoms with van der Waals surface area (Å²) in [5, 5.41) is 11.1. The zero-order valence-electron chi connectivity index (χ0n) is 10.8. The molecule has 2 aromatic rings. The molecule has 0 saturated heterocycles. The predicted molar refractivity (Wildman–Crippen MR) is 79.4 cm³/mol. The number of rotatable bonds is 1. The number of fused-ring (bicyclic) bond motifs is 1. The minimum absolute atomic E-state index is 0.363. The molecule has 0 fully saturated rings. The Morgan fingerprint density at radius 3 is 3.00 bits per heavy atom. The molecule has 19 heavy (non-hydrogen) atoms. The molecule has 1 aromatic heterocycles. The maximum Gasteiger partial charge on any atom is 0.101 e. The molecular weight excluding hydrogens is 254 g/mol. The molecule has 2 heterocycles. The highest BCUT2D eigenvalue weighted by atomic mass is 32.1. The van der Waals surface area contributed by atoms with Gasteiger partial charge in [-0.15, -0.1) is 11.3 Å². The average molecular weight is 269 g/mol. The zero-order valence-corrected chi connectivity index (χ0v) is 11.6. The smallest absolute Gasteiger partial charge is 0.101 e. The molecular formula is C15H15N3S. The Bertz CT molecular complexity index is 654. The summed E-state index contributed by atoms with van der Waals surface area (Å²) >= 11 is 1.84. The first-order valence-corrected chi connectivity index (χ1v) is 7.21. The molecule has 3 rings (SSSR count). The van der Waals surface area contributed by atoms with Gasteiger partial charge in [0.1, 0.15) is 6.07 Å². The van der Waals surface area contributed by atoms with Gasteiger partial charge < -0.3 is 10.6 Å². The van der Waals surface area contributed by atoms with Crippen molar-refractivity contribution in [2.45, 2.75) is 19.4 Å². The van der Waals surface area contributed by atoms with Gasteiger partial charge in [0.2, 0.25) is 0 Å². The van der Waals surface area contributed by atoms with Gasteiger partial charge in [0, 0.05) is 17.1 Å². The van der Waals surface area contributed by atoms with Crippen LogP contribution < -0.4 is 10.6 Å². The third-order valence-electron chi connectivity index (χ3n) is 3.76. The molecule has 0 saturated carbocycles. The topological polar surface area (TPSA) is 53.0 Å².